The minimum absolute atomic E-state index is 0.0365. The highest BCUT2D eigenvalue weighted by molar-refractivity contribution is 7.89. The smallest absolute Gasteiger partial charge is 0.209 e. The third-order valence-electron chi connectivity index (χ3n) is 3.38. The number of nitrogens with zero attached hydrogens (tertiary/aromatic N) is 3. The second-order valence-electron chi connectivity index (χ2n) is 5.00. The molecule has 0 aromatic carbocycles. The van der Waals surface area contributed by atoms with Gasteiger partial charge in [-0.1, -0.05) is 6.92 Å². The Balaban J connectivity index is 2.14. The summed E-state index contributed by atoms with van der Waals surface area (Å²) in [4.78, 5) is 10.3. The van der Waals surface area contributed by atoms with Crippen molar-refractivity contribution in [3.63, 3.8) is 0 Å². The van der Waals surface area contributed by atoms with Gasteiger partial charge in [-0.3, -0.25) is 0 Å². The van der Waals surface area contributed by atoms with E-state index in [4.69, 9.17) is 5.14 Å². The first kappa shape index (κ1) is 13.2. The number of primary sulfonamides is 1. The predicted octanol–water partition coefficient (Wildman–Crippen LogP) is 0.146. The lowest BCUT2D eigenvalue weighted by atomic mass is 10.0. The zero-order valence-electron chi connectivity index (χ0n) is 10.6. The van der Waals surface area contributed by atoms with Crippen molar-refractivity contribution in [2.75, 3.05) is 23.7 Å². The van der Waals surface area contributed by atoms with Gasteiger partial charge in [0.1, 0.15) is 12.1 Å². The van der Waals surface area contributed by atoms with Crippen molar-refractivity contribution in [1.82, 2.24) is 9.97 Å². The summed E-state index contributed by atoms with van der Waals surface area (Å²) in [6.07, 6.45) is 3.28. The number of hydrogen-bond acceptors (Lipinski definition) is 5. The zero-order valence-corrected chi connectivity index (χ0v) is 11.4. The van der Waals surface area contributed by atoms with Gasteiger partial charge in [0.25, 0.3) is 0 Å². The monoisotopic (exact) mass is 270 g/mol. The fraction of sp³-hybridized carbons (Fsp3) is 0.636. The number of sulfonamides is 1. The quantitative estimate of drug-likeness (QED) is 0.844. The minimum Gasteiger partial charge on any atom is -0.356 e. The first-order chi connectivity index (χ1) is 8.37. The van der Waals surface area contributed by atoms with Crippen LogP contribution in [-0.4, -0.2) is 37.2 Å². The number of hydrogen-bond donors (Lipinski definition) is 1. The molecule has 100 valence electrons. The molecule has 2 rings (SSSR count). The lowest BCUT2D eigenvalue weighted by molar-refractivity contribution is 0.486. The van der Waals surface area contributed by atoms with Gasteiger partial charge >= 0.3 is 0 Å². The number of anilines is 1. The highest BCUT2D eigenvalue weighted by atomic mass is 32.2. The lowest BCUT2D eigenvalue weighted by Gasteiger charge is -2.18. The van der Waals surface area contributed by atoms with Crippen molar-refractivity contribution in [2.24, 2.45) is 17.0 Å². The Morgan fingerprint density at radius 3 is 2.83 bits per heavy atom. The minimum atomic E-state index is -3.42. The van der Waals surface area contributed by atoms with Crippen LogP contribution in [-0.2, 0) is 10.0 Å². The molecule has 2 atom stereocenters. The van der Waals surface area contributed by atoms with Gasteiger partial charge in [0.15, 0.2) is 0 Å². The second kappa shape index (κ2) is 4.81. The Bertz CT molecular complexity index is 532. The maximum Gasteiger partial charge on any atom is 0.209 e. The van der Waals surface area contributed by atoms with Crippen LogP contribution in [0.2, 0.25) is 0 Å². The third-order valence-corrected chi connectivity index (χ3v) is 4.27. The van der Waals surface area contributed by atoms with Crippen LogP contribution >= 0.6 is 0 Å². The first-order valence-electron chi connectivity index (χ1n) is 5.89. The Morgan fingerprint density at radius 2 is 2.22 bits per heavy atom. The van der Waals surface area contributed by atoms with Crippen molar-refractivity contribution in [3.05, 3.63) is 18.1 Å². The molecule has 6 nitrogen and oxygen atoms in total. The molecule has 1 aliphatic rings. The van der Waals surface area contributed by atoms with Crippen molar-refractivity contribution in [1.29, 1.82) is 0 Å². The summed E-state index contributed by atoms with van der Waals surface area (Å²) >= 11 is 0. The molecule has 0 radical (unpaired) electrons. The van der Waals surface area contributed by atoms with Gasteiger partial charge in [-0.15, -0.1) is 0 Å². The lowest BCUT2D eigenvalue weighted by Crippen LogP contribution is -2.27. The maximum atomic E-state index is 11.2. The molecule has 2 heterocycles. The van der Waals surface area contributed by atoms with E-state index in [1.165, 1.54) is 6.33 Å². The average molecular weight is 270 g/mol. The summed E-state index contributed by atoms with van der Waals surface area (Å²) < 4.78 is 22.4. The molecule has 0 bridgehead atoms. The summed E-state index contributed by atoms with van der Waals surface area (Å²) in [6.45, 7) is 5.48. The van der Waals surface area contributed by atoms with Crippen molar-refractivity contribution >= 4 is 15.8 Å². The summed E-state index contributed by atoms with van der Waals surface area (Å²) in [5, 5.41) is 5.12. The fourth-order valence-corrected chi connectivity index (χ4v) is 3.48. The van der Waals surface area contributed by atoms with Gasteiger partial charge in [0.05, 0.1) is 5.75 Å². The summed E-state index contributed by atoms with van der Waals surface area (Å²) in [5.41, 5.74) is 1.00. The largest absolute Gasteiger partial charge is 0.356 e. The van der Waals surface area contributed by atoms with E-state index in [-0.39, 0.29) is 17.6 Å². The summed E-state index contributed by atoms with van der Waals surface area (Å²) in [7, 11) is -3.42. The van der Waals surface area contributed by atoms with E-state index in [0.29, 0.717) is 6.54 Å². The summed E-state index contributed by atoms with van der Waals surface area (Å²) in [5.74, 6) is 1.27. The summed E-state index contributed by atoms with van der Waals surface area (Å²) in [6, 6.07) is 0. The van der Waals surface area contributed by atoms with E-state index in [1.807, 2.05) is 13.8 Å². The highest BCUT2D eigenvalue weighted by Crippen LogP contribution is 2.28. The molecule has 1 saturated heterocycles. The molecule has 1 fully saturated rings. The highest BCUT2D eigenvalue weighted by Gasteiger charge is 2.33. The van der Waals surface area contributed by atoms with Crippen LogP contribution in [0.15, 0.2) is 12.5 Å². The van der Waals surface area contributed by atoms with E-state index in [0.717, 1.165) is 17.9 Å². The van der Waals surface area contributed by atoms with Gasteiger partial charge < -0.3 is 4.90 Å². The van der Waals surface area contributed by atoms with Crippen molar-refractivity contribution in [2.45, 2.75) is 13.8 Å². The number of nitrogens with two attached hydrogens (primary N) is 1. The molecule has 0 aliphatic carbocycles. The Kier molecular flexibility index (Phi) is 3.54. The zero-order chi connectivity index (χ0) is 13.3. The SMILES string of the molecule is Cc1cncnc1N1C[C@@H](CS(N)(=O)=O)[C@H](C)C1. The molecule has 0 unspecified atom stereocenters. The van der Waals surface area contributed by atoms with Crippen LogP contribution < -0.4 is 10.0 Å². The number of rotatable bonds is 3. The van der Waals surface area contributed by atoms with E-state index in [2.05, 4.69) is 14.9 Å². The van der Waals surface area contributed by atoms with Gasteiger partial charge in [-0.2, -0.15) is 0 Å². The Hall–Kier alpha value is -1.21. The van der Waals surface area contributed by atoms with Crippen LogP contribution in [0.25, 0.3) is 0 Å². The molecule has 2 N–H and O–H groups in total. The van der Waals surface area contributed by atoms with Crippen molar-refractivity contribution < 1.29 is 8.42 Å². The molecule has 1 aliphatic heterocycles. The Morgan fingerprint density at radius 1 is 1.50 bits per heavy atom. The van der Waals surface area contributed by atoms with Crippen LogP contribution in [0, 0.1) is 18.8 Å². The number of aryl methyl sites for hydroxylation is 1. The van der Waals surface area contributed by atoms with Crippen LogP contribution in [0.3, 0.4) is 0 Å². The molecule has 7 heteroatoms. The molecular weight excluding hydrogens is 252 g/mol. The van der Waals surface area contributed by atoms with Gasteiger partial charge in [-0.25, -0.2) is 23.5 Å². The molecule has 0 amide bonds. The second-order valence-corrected chi connectivity index (χ2v) is 6.66. The van der Waals surface area contributed by atoms with Crippen molar-refractivity contribution in [3.8, 4) is 0 Å². The Labute approximate surface area is 107 Å². The van der Waals surface area contributed by atoms with Crippen LogP contribution in [0.5, 0.6) is 0 Å². The molecule has 1 aromatic rings. The predicted molar refractivity (Wildman–Crippen MR) is 69.6 cm³/mol. The van der Waals surface area contributed by atoms with E-state index in [1.54, 1.807) is 6.20 Å². The molecule has 0 spiro atoms. The van der Waals surface area contributed by atoms with Crippen LogP contribution in [0.1, 0.15) is 12.5 Å². The first-order valence-corrected chi connectivity index (χ1v) is 7.60. The maximum absolute atomic E-state index is 11.2. The van der Waals surface area contributed by atoms with E-state index < -0.39 is 10.0 Å². The third kappa shape index (κ3) is 2.97. The molecule has 1 aromatic heterocycles. The van der Waals surface area contributed by atoms with E-state index in [9.17, 15) is 8.42 Å². The molecule has 18 heavy (non-hydrogen) atoms. The van der Waals surface area contributed by atoms with Gasteiger partial charge in [0.2, 0.25) is 10.0 Å². The molecular formula is C11H18N4O2S. The average Bonchev–Trinajstić information content (AvgIpc) is 2.58. The van der Waals surface area contributed by atoms with E-state index >= 15 is 0 Å². The van der Waals surface area contributed by atoms with Crippen LogP contribution in [0.4, 0.5) is 5.82 Å². The van der Waals surface area contributed by atoms with Gasteiger partial charge in [-0.05, 0) is 18.8 Å². The normalized spacial score (nSPS) is 24.5. The fourth-order valence-electron chi connectivity index (χ4n) is 2.45. The standard InChI is InChI=1S/C11H18N4O2S/c1-8-3-13-7-14-11(8)15-4-9(2)10(5-15)6-18(12,16)17/h3,7,9-10H,4-6H2,1-2H3,(H2,12,16,17)/t9-,10+/m1/s1. The molecule has 0 saturated carbocycles. The van der Waals surface area contributed by atoms with Gasteiger partial charge in [0, 0.05) is 24.8 Å². The topological polar surface area (TPSA) is 89.2 Å². The number of aromatic nitrogens is 2.